The predicted octanol–water partition coefficient (Wildman–Crippen LogP) is 3.19. The van der Waals surface area contributed by atoms with E-state index in [1.807, 2.05) is 32.0 Å². The van der Waals surface area contributed by atoms with Crippen LogP contribution in [0.25, 0.3) is 0 Å². The maximum Gasteiger partial charge on any atom is 0.343 e. The molecule has 0 fully saturated rings. The summed E-state index contributed by atoms with van der Waals surface area (Å²) in [5.74, 6) is 0.219. The number of aryl methyl sites for hydroxylation is 2. The van der Waals surface area contributed by atoms with E-state index in [4.69, 9.17) is 0 Å². The molecule has 0 aliphatic rings. The molecular formula is C13H14N4O2S. The largest absolute Gasteiger partial charge is 0.367 e. The van der Waals surface area contributed by atoms with Crippen molar-refractivity contribution in [3.8, 4) is 0 Å². The zero-order valence-electron chi connectivity index (χ0n) is 11.4. The Labute approximate surface area is 120 Å². The molecule has 1 N–H and O–H groups in total. The zero-order valence-corrected chi connectivity index (χ0v) is 12.2. The third kappa shape index (κ3) is 2.88. The molecule has 6 nitrogen and oxygen atoms in total. The van der Waals surface area contributed by atoms with Gasteiger partial charge in [0, 0.05) is 11.9 Å². The van der Waals surface area contributed by atoms with Crippen LogP contribution in [0.3, 0.4) is 0 Å². The van der Waals surface area contributed by atoms with Gasteiger partial charge in [-0.3, -0.25) is 10.1 Å². The van der Waals surface area contributed by atoms with Crippen LogP contribution in [0.4, 0.5) is 11.5 Å². The maximum absolute atomic E-state index is 11.2. The van der Waals surface area contributed by atoms with Crippen LogP contribution in [-0.4, -0.2) is 21.9 Å². The molecule has 0 saturated heterocycles. The Hall–Kier alpha value is -2.15. The Kier molecular flexibility index (Phi) is 4.19. The van der Waals surface area contributed by atoms with Crippen molar-refractivity contribution in [1.82, 2.24) is 9.97 Å². The van der Waals surface area contributed by atoms with Crippen LogP contribution in [0.1, 0.15) is 11.1 Å². The fourth-order valence-electron chi connectivity index (χ4n) is 1.67. The topological polar surface area (TPSA) is 81.0 Å². The molecule has 0 aliphatic carbocycles. The van der Waals surface area contributed by atoms with Crippen molar-refractivity contribution in [3.05, 3.63) is 45.8 Å². The molecule has 2 rings (SSSR count). The smallest absolute Gasteiger partial charge is 0.343 e. The summed E-state index contributed by atoms with van der Waals surface area (Å²) in [4.78, 5) is 19.5. The third-order valence-electron chi connectivity index (χ3n) is 2.90. The first kappa shape index (κ1) is 14.3. The lowest BCUT2D eigenvalue weighted by molar-refractivity contribution is -0.387. The van der Waals surface area contributed by atoms with Crippen molar-refractivity contribution in [3.63, 3.8) is 0 Å². The molecule has 1 heterocycles. The highest BCUT2D eigenvalue weighted by molar-refractivity contribution is 7.99. The highest BCUT2D eigenvalue weighted by atomic mass is 32.2. The first-order valence-corrected chi connectivity index (χ1v) is 6.77. The van der Waals surface area contributed by atoms with E-state index in [1.54, 1.807) is 7.05 Å². The highest BCUT2D eigenvalue weighted by Gasteiger charge is 2.22. The Morgan fingerprint density at radius 3 is 2.60 bits per heavy atom. The number of hydrogen-bond donors (Lipinski definition) is 1. The second-order valence-corrected chi connectivity index (χ2v) is 5.29. The van der Waals surface area contributed by atoms with Crippen LogP contribution in [0.2, 0.25) is 0 Å². The molecule has 20 heavy (non-hydrogen) atoms. The lowest BCUT2D eigenvalue weighted by atomic mass is 10.1. The molecule has 0 spiro atoms. The molecule has 0 radical (unpaired) electrons. The molecule has 1 aromatic carbocycles. The lowest BCUT2D eigenvalue weighted by Crippen LogP contribution is -2.02. The maximum atomic E-state index is 11.2. The summed E-state index contributed by atoms with van der Waals surface area (Å²) in [5, 5.41) is 14.2. The van der Waals surface area contributed by atoms with Gasteiger partial charge in [-0.1, -0.05) is 17.8 Å². The Bertz CT molecular complexity index is 661. The third-order valence-corrected chi connectivity index (χ3v) is 3.88. The highest BCUT2D eigenvalue weighted by Crippen LogP contribution is 2.36. The lowest BCUT2D eigenvalue weighted by Gasteiger charge is -2.07. The van der Waals surface area contributed by atoms with E-state index in [0.29, 0.717) is 5.03 Å². The first-order valence-electron chi connectivity index (χ1n) is 5.95. The van der Waals surface area contributed by atoms with Crippen LogP contribution in [0.15, 0.2) is 34.4 Å². The van der Waals surface area contributed by atoms with Gasteiger partial charge in [0.25, 0.3) is 0 Å². The fraction of sp³-hybridized carbons (Fsp3) is 0.231. The number of aromatic nitrogens is 2. The predicted molar refractivity (Wildman–Crippen MR) is 78.3 cm³/mol. The molecule has 0 unspecified atom stereocenters. The van der Waals surface area contributed by atoms with Gasteiger partial charge < -0.3 is 5.32 Å². The summed E-state index contributed by atoms with van der Waals surface area (Å²) in [7, 11) is 1.60. The fourth-order valence-corrected chi connectivity index (χ4v) is 2.64. The summed E-state index contributed by atoms with van der Waals surface area (Å²) in [6.07, 6.45) is 1.32. The van der Waals surface area contributed by atoms with Gasteiger partial charge in [0.1, 0.15) is 6.33 Å². The quantitative estimate of drug-likeness (QED) is 0.529. The standard InChI is InChI=1S/C13H14N4O2S/c1-8-4-5-10(6-9(8)2)20-13-11(17(18)19)12(14-3)15-7-16-13/h4-7H,1-3H3,(H,14,15,16). The van der Waals surface area contributed by atoms with E-state index >= 15 is 0 Å². The molecule has 0 amide bonds. The number of nitro groups is 1. The molecule has 104 valence electrons. The zero-order chi connectivity index (χ0) is 14.7. The Balaban J connectivity index is 2.42. The van der Waals surface area contributed by atoms with Gasteiger partial charge in [0.2, 0.25) is 5.82 Å². The summed E-state index contributed by atoms with van der Waals surface area (Å²) in [5.41, 5.74) is 2.22. The van der Waals surface area contributed by atoms with Crippen molar-refractivity contribution in [2.45, 2.75) is 23.8 Å². The molecule has 0 bridgehead atoms. The van der Waals surface area contributed by atoms with Gasteiger partial charge in [-0.05, 0) is 37.1 Å². The van der Waals surface area contributed by atoms with Gasteiger partial charge in [0.15, 0.2) is 5.03 Å². The average Bonchev–Trinajstić information content (AvgIpc) is 2.42. The minimum absolute atomic E-state index is 0.0989. The molecule has 7 heteroatoms. The van der Waals surface area contributed by atoms with E-state index in [0.717, 1.165) is 10.5 Å². The summed E-state index contributed by atoms with van der Waals surface area (Å²) >= 11 is 1.26. The summed E-state index contributed by atoms with van der Waals surface area (Å²) in [6.45, 7) is 4.03. The monoisotopic (exact) mass is 290 g/mol. The summed E-state index contributed by atoms with van der Waals surface area (Å²) in [6, 6.07) is 5.91. The van der Waals surface area contributed by atoms with E-state index in [9.17, 15) is 10.1 Å². The van der Waals surface area contributed by atoms with Crippen molar-refractivity contribution in [2.75, 3.05) is 12.4 Å². The van der Waals surface area contributed by atoms with E-state index in [-0.39, 0.29) is 11.5 Å². The second-order valence-electron chi connectivity index (χ2n) is 4.23. The molecular weight excluding hydrogens is 276 g/mol. The van der Waals surface area contributed by atoms with Crippen molar-refractivity contribution >= 4 is 23.3 Å². The van der Waals surface area contributed by atoms with E-state index in [1.165, 1.54) is 23.7 Å². The Morgan fingerprint density at radius 2 is 2.00 bits per heavy atom. The van der Waals surface area contributed by atoms with Crippen LogP contribution < -0.4 is 5.32 Å². The van der Waals surface area contributed by atoms with Gasteiger partial charge in [0.05, 0.1) is 4.92 Å². The number of nitrogens with zero attached hydrogens (tertiary/aromatic N) is 3. The number of benzene rings is 1. The normalized spacial score (nSPS) is 10.3. The van der Waals surface area contributed by atoms with Gasteiger partial charge >= 0.3 is 5.69 Å². The van der Waals surface area contributed by atoms with E-state index in [2.05, 4.69) is 15.3 Å². The molecule has 0 aliphatic heterocycles. The van der Waals surface area contributed by atoms with Crippen LogP contribution >= 0.6 is 11.8 Å². The van der Waals surface area contributed by atoms with Crippen molar-refractivity contribution in [1.29, 1.82) is 0 Å². The molecule has 0 atom stereocenters. The number of nitrogens with one attached hydrogen (secondary N) is 1. The number of rotatable bonds is 4. The minimum atomic E-state index is -0.463. The van der Waals surface area contributed by atoms with Crippen LogP contribution in [0.5, 0.6) is 0 Å². The van der Waals surface area contributed by atoms with Crippen LogP contribution in [-0.2, 0) is 0 Å². The molecule has 1 aromatic heterocycles. The van der Waals surface area contributed by atoms with Gasteiger partial charge in [-0.25, -0.2) is 9.97 Å². The van der Waals surface area contributed by atoms with Crippen molar-refractivity contribution < 1.29 is 4.92 Å². The minimum Gasteiger partial charge on any atom is -0.367 e. The second kappa shape index (κ2) is 5.87. The van der Waals surface area contributed by atoms with Crippen LogP contribution in [0, 0.1) is 24.0 Å². The molecule has 2 aromatic rings. The Morgan fingerprint density at radius 1 is 1.25 bits per heavy atom. The number of anilines is 1. The average molecular weight is 290 g/mol. The van der Waals surface area contributed by atoms with Crippen molar-refractivity contribution in [2.24, 2.45) is 0 Å². The summed E-state index contributed by atoms with van der Waals surface area (Å²) < 4.78 is 0. The number of hydrogen-bond acceptors (Lipinski definition) is 6. The SMILES string of the molecule is CNc1ncnc(Sc2ccc(C)c(C)c2)c1[N+](=O)[O-]. The molecule has 0 saturated carbocycles. The van der Waals surface area contributed by atoms with E-state index < -0.39 is 4.92 Å². The van der Waals surface area contributed by atoms with Gasteiger partial charge in [-0.15, -0.1) is 0 Å². The van der Waals surface area contributed by atoms with Gasteiger partial charge in [-0.2, -0.15) is 0 Å². The first-order chi connectivity index (χ1) is 9.52.